The first-order valence-corrected chi connectivity index (χ1v) is 9.10. The van der Waals surface area contributed by atoms with Gasteiger partial charge in [-0.25, -0.2) is 0 Å². The second-order valence-corrected chi connectivity index (χ2v) is 6.85. The molecule has 27 heavy (non-hydrogen) atoms. The fraction of sp³-hybridized carbons (Fsp3) is 0.500. The van der Waals surface area contributed by atoms with Gasteiger partial charge in [0, 0.05) is 38.5 Å². The van der Waals surface area contributed by atoms with Crippen LogP contribution in [0.4, 0.5) is 0 Å². The molecule has 0 aliphatic heterocycles. The van der Waals surface area contributed by atoms with Crippen LogP contribution in [0, 0.1) is 5.92 Å². The Morgan fingerprint density at radius 1 is 1.19 bits per heavy atom. The highest BCUT2D eigenvalue weighted by molar-refractivity contribution is 5.85. The van der Waals surface area contributed by atoms with E-state index < -0.39 is 0 Å². The van der Waals surface area contributed by atoms with Gasteiger partial charge < -0.3 is 23.5 Å². The maximum atomic E-state index is 13.0. The summed E-state index contributed by atoms with van der Waals surface area (Å²) in [6.45, 7) is 5.25. The minimum absolute atomic E-state index is 0.0193. The number of methoxy groups -OCH3 is 1. The molecule has 0 radical (unpaired) electrons. The number of amides is 2. The first-order chi connectivity index (χ1) is 12.9. The molecule has 2 amide bonds. The second-order valence-electron chi connectivity index (χ2n) is 6.85. The summed E-state index contributed by atoms with van der Waals surface area (Å²) in [6, 6.07) is 7.56. The highest BCUT2D eigenvalue weighted by Gasteiger charge is 2.24. The predicted octanol–water partition coefficient (Wildman–Crippen LogP) is 2.28. The molecule has 0 aliphatic rings. The van der Waals surface area contributed by atoms with Crippen LogP contribution in [0.5, 0.6) is 0 Å². The second kappa shape index (κ2) is 9.97. The van der Waals surface area contributed by atoms with Crippen molar-refractivity contribution in [2.45, 2.75) is 26.9 Å². The lowest BCUT2D eigenvalue weighted by Crippen LogP contribution is -2.45. The maximum absolute atomic E-state index is 13.0. The normalized spacial score (nSPS) is 11.0. The molecule has 0 saturated heterocycles. The van der Waals surface area contributed by atoms with E-state index >= 15 is 0 Å². The zero-order valence-electron chi connectivity index (χ0n) is 16.6. The van der Waals surface area contributed by atoms with E-state index in [2.05, 4.69) is 0 Å². The van der Waals surface area contributed by atoms with E-state index in [-0.39, 0.29) is 24.3 Å². The molecular weight excluding hydrogens is 346 g/mol. The summed E-state index contributed by atoms with van der Waals surface area (Å²) < 4.78 is 12.5. The molecule has 0 atom stereocenters. The van der Waals surface area contributed by atoms with Crippen LogP contribution < -0.4 is 0 Å². The predicted molar refractivity (Wildman–Crippen MR) is 102 cm³/mol. The Balaban J connectivity index is 2.14. The minimum atomic E-state index is -0.180. The molecule has 0 saturated carbocycles. The molecule has 7 nitrogen and oxygen atoms in total. The van der Waals surface area contributed by atoms with Gasteiger partial charge >= 0.3 is 0 Å². The van der Waals surface area contributed by atoms with Crippen molar-refractivity contribution in [2.75, 3.05) is 26.8 Å². The lowest BCUT2D eigenvalue weighted by Gasteiger charge is -2.28. The molecule has 2 rings (SSSR count). The zero-order chi connectivity index (χ0) is 19.8. The number of hydrogen-bond acceptors (Lipinski definition) is 4. The number of carbonyl (C=O) groups is 2. The third-order valence-electron chi connectivity index (χ3n) is 4.38. The SMILES string of the molecule is COCCN(CC(=O)N(Cc1ccco1)Cc1cccn1C)C(=O)C(C)C. The number of furan rings is 1. The van der Waals surface area contributed by atoms with E-state index in [0.717, 1.165) is 5.69 Å². The third kappa shape index (κ3) is 5.99. The summed E-state index contributed by atoms with van der Waals surface area (Å²) >= 11 is 0. The van der Waals surface area contributed by atoms with Gasteiger partial charge in [-0.3, -0.25) is 9.59 Å². The molecule has 2 aromatic heterocycles. The summed E-state index contributed by atoms with van der Waals surface area (Å²) in [7, 11) is 3.52. The summed E-state index contributed by atoms with van der Waals surface area (Å²) in [5.74, 6) is 0.340. The van der Waals surface area contributed by atoms with Crippen LogP contribution in [0.25, 0.3) is 0 Å². The number of aromatic nitrogens is 1. The number of hydrogen-bond donors (Lipinski definition) is 0. The van der Waals surface area contributed by atoms with E-state index in [1.165, 1.54) is 0 Å². The number of ether oxygens (including phenoxy) is 1. The molecule has 0 N–H and O–H groups in total. The Morgan fingerprint density at radius 2 is 1.96 bits per heavy atom. The fourth-order valence-electron chi connectivity index (χ4n) is 2.78. The molecule has 0 bridgehead atoms. The van der Waals surface area contributed by atoms with Crippen molar-refractivity contribution in [3.05, 3.63) is 48.2 Å². The Morgan fingerprint density at radius 3 is 2.52 bits per heavy atom. The fourth-order valence-corrected chi connectivity index (χ4v) is 2.78. The van der Waals surface area contributed by atoms with Crippen LogP contribution >= 0.6 is 0 Å². The summed E-state index contributed by atoms with van der Waals surface area (Å²) in [4.78, 5) is 28.8. The highest BCUT2D eigenvalue weighted by atomic mass is 16.5. The molecule has 0 fully saturated rings. The standard InChI is InChI=1S/C20H29N3O4/c1-16(2)20(25)22(10-12-26-4)15-19(24)23(14-18-8-6-11-27-18)13-17-7-5-9-21(17)3/h5-9,11,16H,10,12-15H2,1-4H3. The lowest BCUT2D eigenvalue weighted by molar-refractivity contribution is -0.143. The van der Waals surface area contributed by atoms with E-state index in [0.29, 0.717) is 32.0 Å². The van der Waals surface area contributed by atoms with Crippen molar-refractivity contribution in [3.8, 4) is 0 Å². The van der Waals surface area contributed by atoms with Crippen LogP contribution in [0.15, 0.2) is 41.1 Å². The van der Waals surface area contributed by atoms with Crippen molar-refractivity contribution >= 4 is 11.8 Å². The van der Waals surface area contributed by atoms with Gasteiger partial charge in [-0.1, -0.05) is 13.8 Å². The van der Waals surface area contributed by atoms with Crippen LogP contribution in [-0.4, -0.2) is 53.0 Å². The average molecular weight is 375 g/mol. The topological polar surface area (TPSA) is 67.9 Å². The summed E-state index contributed by atoms with van der Waals surface area (Å²) in [5.41, 5.74) is 1.01. The van der Waals surface area contributed by atoms with Crippen LogP contribution in [0.3, 0.4) is 0 Å². The molecule has 2 heterocycles. The Hall–Kier alpha value is -2.54. The average Bonchev–Trinajstić information content (AvgIpc) is 3.29. The minimum Gasteiger partial charge on any atom is -0.467 e. The number of nitrogens with zero attached hydrogens (tertiary/aromatic N) is 3. The smallest absolute Gasteiger partial charge is 0.242 e. The Labute approximate surface area is 160 Å². The maximum Gasteiger partial charge on any atom is 0.242 e. The number of rotatable bonds is 10. The Bertz CT molecular complexity index is 721. The zero-order valence-corrected chi connectivity index (χ0v) is 16.6. The van der Waals surface area contributed by atoms with Crippen LogP contribution in [0.2, 0.25) is 0 Å². The quantitative estimate of drug-likeness (QED) is 0.639. The first kappa shape index (κ1) is 20.8. The molecule has 0 aliphatic carbocycles. The van der Waals surface area contributed by atoms with Gasteiger partial charge in [0.05, 0.1) is 32.5 Å². The van der Waals surface area contributed by atoms with E-state index in [9.17, 15) is 9.59 Å². The van der Waals surface area contributed by atoms with E-state index in [1.807, 2.05) is 49.9 Å². The van der Waals surface area contributed by atoms with Gasteiger partial charge in [0.1, 0.15) is 5.76 Å². The molecule has 0 spiro atoms. The Kier molecular flexibility index (Phi) is 7.67. The summed E-state index contributed by atoms with van der Waals surface area (Å²) in [5, 5.41) is 0. The van der Waals surface area contributed by atoms with Crippen molar-refractivity contribution in [2.24, 2.45) is 13.0 Å². The van der Waals surface area contributed by atoms with Crippen LogP contribution in [0.1, 0.15) is 25.3 Å². The largest absolute Gasteiger partial charge is 0.467 e. The molecule has 0 aromatic carbocycles. The van der Waals surface area contributed by atoms with Gasteiger partial charge in [-0.05, 0) is 24.3 Å². The van der Waals surface area contributed by atoms with Gasteiger partial charge in [0.2, 0.25) is 11.8 Å². The number of aryl methyl sites for hydroxylation is 1. The molecule has 148 valence electrons. The van der Waals surface area contributed by atoms with Crippen molar-refractivity contribution in [3.63, 3.8) is 0 Å². The van der Waals surface area contributed by atoms with E-state index in [1.54, 1.807) is 29.2 Å². The molecular formula is C20H29N3O4. The van der Waals surface area contributed by atoms with Gasteiger partial charge in [0.15, 0.2) is 0 Å². The van der Waals surface area contributed by atoms with Gasteiger partial charge in [-0.2, -0.15) is 0 Å². The third-order valence-corrected chi connectivity index (χ3v) is 4.38. The van der Waals surface area contributed by atoms with E-state index in [4.69, 9.17) is 9.15 Å². The van der Waals surface area contributed by atoms with Crippen molar-refractivity contribution in [1.82, 2.24) is 14.4 Å². The van der Waals surface area contributed by atoms with Crippen LogP contribution in [-0.2, 0) is 34.5 Å². The highest BCUT2D eigenvalue weighted by Crippen LogP contribution is 2.12. The van der Waals surface area contributed by atoms with Gasteiger partial charge in [0.25, 0.3) is 0 Å². The monoisotopic (exact) mass is 375 g/mol. The molecule has 0 unspecified atom stereocenters. The molecule has 7 heteroatoms. The lowest BCUT2D eigenvalue weighted by atomic mass is 10.2. The van der Waals surface area contributed by atoms with Crippen molar-refractivity contribution < 1.29 is 18.7 Å². The van der Waals surface area contributed by atoms with Gasteiger partial charge in [-0.15, -0.1) is 0 Å². The number of carbonyl (C=O) groups excluding carboxylic acids is 2. The first-order valence-electron chi connectivity index (χ1n) is 9.10. The van der Waals surface area contributed by atoms with Crippen molar-refractivity contribution in [1.29, 1.82) is 0 Å². The summed E-state index contributed by atoms with van der Waals surface area (Å²) in [6.07, 6.45) is 3.53. The molecule has 2 aromatic rings.